The maximum Gasteiger partial charge on any atom is 0.279 e. The second-order valence-corrected chi connectivity index (χ2v) is 26.7. The van der Waals surface area contributed by atoms with Crippen molar-refractivity contribution in [2.45, 2.75) is 168 Å². The molecule has 3 amide bonds. The van der Waals surface area contributed by atoms with Crippen LogP contribution in [0.2, 0.25) is 0 Å². The van der Waals surface area contributed by atoms with Gasteiger partial charge in [-0.3, -0.25) is 14.4 Å². The van der Waals surface area contributed by atoms with E-state index in [1.54, 1.807) is 23.9 Å². The van der Waals surface area contributed by atoms with E-state index in [0.29, 0.717) is 57.4 Å². The van der Waals surface area contributed by atoms with E-state index in [2.05, 4.69) is 113 Å². The molecule has 0 saturated heterocycles. The highest BCUT2D eigenvalue weighted by Gasteiger charge is 2.47. The molecule has 5 aromatic heterocycles. The fraction of sp³-hybridized carbons (Fsp3) is 0.526. The van der Waals surface area contributed by atoms with Crippen LogP contribution in [0.5, 0.6) is 5.88 Å². The molecule has 0 unspecified atom stereocenters. The molecule has 79 heavy (non-hydrogen) atoms. The molecule has 2 N–H and O–H groups in total. The van der Waals surface area contributed by atoms with Gasteiger partial charge in [-0.1, -0.05) is 125 Å². The van der Waals surface area contributed by atoms with Gasteiger partial charge in [-0.2, -0.15) is 26.2 Å². The molecule has 0 fully saturated rings. The highest BCUT2D eigenvalue weighted by molar-refractivity contribution is 7.58. The molecule has 0 atom stereocenters. The molecule has 5 aliphatic heterocycles. The summed E-state index contributed by atoms with van der Waals surface area (Å²) < 4.78 is 25.5. The number of thiazole rings is 1. The van der Waals surface area contributed by atoms with E-state index in [4.69, 9.17) is 0 Å². The Hall–Kier alpha value is -5.81. The Labute approximate surface area is 485 Å². The van der Waals surface area contributed by atoms with Crippen LogP contribution in [-0.2, 0) is 37.7 Å². The molecular formula is C57H77N13O4S5. The first kappa shape index (κ1) is 62.4. The lowest BCUT2D eigenvalue weighted by atomic mass is 9.96. The number of nitrogens with one attached hydrogen (secondary N) is 1. The predicted molar refractivity (Wildman–Crippen MR) is 329 cm³/mol. The van der Waals surface area contributed by atoms with E-state index in [9.17, 15) is 19.5 Å². The van der Waals surface area contributed by atoms with Crippen LogP contribution < -0.4 is 0 Å². The number of rotatable bonds is 7. The van der Waals surface area contributed by atoms with Gasteiger partial charge in [0, 0.05) is 69.1 Å². The van der Waals surface area contributed by atoms with Crippen molar-refractivity contribution in [2.75, 3.05) is 14.1 Å². The van der Waals surface area contributed by atoms with E-state index in [-0.39, 0.29) is 60.1 Å². The number of amides is 3. The predicted octanol–water partition coefficient (Wildman–Crippen LogP) is 16.1. The summed E-state index contributed by atoms with van der Waals surface area (Å²) in [5, 5.41) is 11.1. The Morgan fingerprint density at radius 1 is 0.582 bits per heavy atom. The number of hydrogen-bond donors (Lipinski definition) is 2. The molecule has 1 aromatic carbocycles. The number of thiophene rings is 1. The number of aliphatic imine (C=N–C) groups is 1. The lowest BCUT2D eigenvalue weighted by molar-refractivity contribution is -0.123. The molecule has 424 valence electrons. The van der Waals surface area contributed by atoms with Crippen molar-refractivity contribution in [3.8, 4) is 5.88 Å². The second kappa shape index (κ2) is 24.5. The summed E-state index contributed by atoms with van der Waals surface area (Å²) in [6.07, 6.45) is 2.01. The maximum atomic E-state index is 12.4. The van der Waals surface area contributed by atoms with Gasteiger partial charge >= 0.3 is 0 Å². The van der Waals surface area contributed by atoms with E-state index in [0.717, 1.165) is 61.7 Å². The molecule has 0 saturated carbocycles. The first-order valence-electron chi connectivity index (χ1n) is 26.3. The van der Waals surface area contributed by atoms with Gasteiger partial charge in [0.15, 0.2) is 5.88 Å². The molecule has 0 spiro atoms. The average Bonchev–Trinajstić information content (AvgIpc) is 4.43. The molecular weight excluding hydrogens is 1090 g/mol. The van der Waals surface area contributed by atoms with Gasteiger partial charge in [-0.25, -0.2) is 19.9 Å². The van der Waals surface area contributed by atoms with E-state index in [1.807, 2.05) is 98.1 Å². The average molecular weight is 1170 g/mol. The van der Waals surface area contributed by atoms with Crippen LogP contribution in [0, 0.1) is 31.6 Å². The van der Waals surface area contributed by atoms with E-state index >= 15 is 0 Å². The van der Waals surface area contributed by atoms with E-state index < -0.39 is 0 Å². The van der Waals surface area contributed by atoms with Crippen molar-refractivity contribution in [2.24, 2.45) is 40.2 Å². The molecule has 11 rings (SSSR count). The summed E-state index contributed by atoms with van der Waals surface area (Å²) in [6, 6.07) is 0. The minimum atomic E-state index is -0.237. The zero-order chi connectivity index (χ0) is 57.7. The number of aryl methyl sites for hydroxylation is 2. The molecule has 5 aliphatic rings. The second-order valence-electron chi connectivity index (χ2n) is 22.9. The van der Waals surface area contributed by atoms with Gasteiger partial charge in [0.05, 0.1) is 67.4 Å². The van der Waals surface area contributed by atoms with Gasteiger partial charge in [0.25, 0.3) is 17.7 Å². The summed E-state index contributed by atoms with van der Waals surface area (Å²) in [7, 11) is 3.50. The van der Waals surface area contributed by atoms with Crippen LogP contribution in [0.4, 0.5) is 23.0 Å². The maximum absolute atomic E-state index is 12.4. The minimum Gasteiger partial charge on any atom is -0.494 e. The number of aromatic hydroxyl groups is 1. The van der Waals surface area contributed by atoms with Crippen molar-refractivity contribution < 1.29 is 19.5 Å². The quantitative estimate of drug-likeness (QED) is 0.155. The number of hydrogen-bond acceptors (Lipinski definition) is 16. The number of benzene rings is 1. The zero-order valence-corrected chi connectivity index (χ0v) is 52.8. The fourth-order valence-electron chi connectivity index (χ4n) is 9.45. The summed E-state index contributed by atoms with van der Waals surface area (Å²) >= 11 is 7.32. The lowest BCUT2D eigenvalue weighted by Gasteiger charge is -2.22. The van der Waals surface area contributed by atoms with Crippen LogP contribution >= 0.6 is 34.4 Å². The summed E-state index contributed by atoms with van der Waals surface area (Å²) in [6.45, 7) is 39.8. The van der Waals surface area contributed by atoms with Crippen LogP contribution in [-0.4, -0.2) is 81.1 Å². The molecule has 0 bridgehead atoms. The highest BCUT2D eigenvalue weighted by Crippen LogP contribution is 2.45. The van der Waals surface area contributed by atoms with Crippen molar-refractivity contribution in [3.05, 3.63) is 76.3 Å². The Balaban J connectivity index is 0.000000160. The largest absolute Gasteiger partial charge is 0.494 e. The monoisotopic (exact) mass is 1170 g/mol. The molecule has 22 heteroatoms. The molecule has 17 nitrogen and oxygen atoms in total. The van der Waals surface area contributed by atoms with Crippen molar-refractivity contribution >= 4 is 126 Å². The molecule has 0 aliphatic carbocycles. The first-order valence-corrected chi connectivity index (χ1v) is 30.2. The topological polar surface area (TPSA) is 220 Å². The highest BCUT2D eigenvalue weighted by atomic mass is 32.1. The van der Waals surface area contributed by atoms with Crippen LogP contribution in [0.15, 0.2) is 51.2 Å². The van der Waals surface area contributed by atoms with Crippen LogP contribution in [0.25, 0.3) is 22.1 Å². The number of H-pyrrole nitrogens is 1. The number of allylic oxidation sites excluding steroid dienone is 2. The van der Waals surface area contributed by atoms with Gasteiger partial charge in [-0.15, -0.1) is 22.7 Å². The number of aromatic nitrogens is 6. The normalized spacial score (nSPS) is 15.0. The summed E-state index contributed by atoms with van der Waals surface area (Å²) in [5.74, 6) is 3.18. The Bertz CT molecular complexity index is 3470. The zero-order valence-electron chi connectivity index (χ0n) is 48.7. The van der Waals surface area contributed by atoms with Crippen molar-refractivity contribution in [3.63, 3.8) is 0 Å². The SMILES string of the molecule is C.CC(C)C1=C2C(=O)N(C)C(C(C)C)=C2C(=O)N1C.CC(C)C1=NC(=O)c2c(C(C)C)[nH]c(O)c21.CC(C)c1ncc(C(C)(C)C)s1.CC(C)c1sc(C(C)C)c2nc3c(nc12)N=S=N3.Cc1c2c(c(C)c3nsnc13)N=S=N2. The van der Waals surface area contributed by atoms with Crippen LogP contribution in [0.3, 0.4) is 0 Å². The molecule has 10 heterocycles. The molecule has 0 radical (unpaired) electrons. The van der Waals surface area contributed by atoms with Crippen LogP contribution in [0.1, 0.15) is 201 Å². The smallest absolute Gasteiger partial charge is 0.279 e. The number of aromatic amines is 1. The lowest BCUT2D eigenvalue weighted by Crippen LogP contribution is -2.29. The third-order valence-electron chi connectivity index (χ3n) is 13.4. The minimum absolute atomic E-state index is 0. The number of likely N-dealkylation sites (N-methyl/N-ethyl adjacent to an activating group) is 2. The molecule has 6 aromatic rings. The Morgan fingerprint density at radius 2 is 1.04 bits per heavy atom. The van der Waals surface area contributed by atoms with Gasteiger partial charge in [0.1, 0.15) is 33.4 Å². The summed E-state index contributed by atoms with van der Waals surface area (Å²) in [4.78, 5) is 64.3. The van der Waals surface area contributed by atoms with Crippen molar-refractivity contribution in [1.29, 1.82) is 0 Å². The Morgan fingerprint density at radius 3 is 1.41 bits per heavy atom. The third-order valence-corrected chi connectivity index (χ3v) is 18.5. The summed E-state index contributed by atoms with van der Waals surface area (Å²) in [5.41, 5.74) is 13.9. The Kier molecular flexibility index (Phi) is 19.4. The number of carbonyl (C=O) groups excluding carboxylic acids is 3. The van der Waals surface area contributed by atoms with E-state index in [1.165, 1.54) is 54.1 Å². The first-order chi connectivity index (χ1) is 36.5. The standard InChI is InChI=1S/C14H20N2O2.C12H14N4S2.C12H16N2O2.C10H17NS.C8H6N4S2.CH4/c1-7(2)11-9-10(14(18)15(11)5)12(8(3)4)16(6)13(9)17;1-5(2)9-7-8(10(17-9)6(3)4)14-12-11(13-7)15-18-16-12;1-5(2)9-7-8(12(16)13-9)10(6(3)4)14-11(7)15;1-7(2)9-11-6-8(12-9)10(3,4)5;1-3-5-7(11-13-9-5)4(2)8-6(3)10-14-12-8;/h7-8H,1-6H3;5-6H,1-4H3;5-6,13,16H,1-4H3;6-7H,1-5H3;1-2H3;1H4. The number of carbonyl (C=O) groups is 3. The number of fused-ring (bicyclic) bond motifs is 6. The number of nitrogens with zero attached hydrogens (tertiary/aromatic N) is 12. The van der Waals surface area contributed by atoms with Crippen molar-refractivity contribution in [1.82, 2.24) is 38.5 Å². The third kappa shape index (κ3) is 12.1. The van der Waals surface area contributed by atoms with Gasteiger partial charge in [-0.05, 0) is 54.8 Å². The van der Waals surface area contributed by atoms with Gasteiger partial charge in [0.2, 0.25) is 11.6 Å². The van der Waals surface area contributed by atoms with Gasteiger partial charge < -0.3 is 19.9 Å². The fourth-order valence-corrected chi connectivity index (χ4v) is 13.4.